The molecular weight excluding hydrogens is 318 g/mol. The predicted octanol–water partition coefficient (Wildman–Crippen LogP) is 3.00. The van der Waals surface area contributed by atoms with Crippen LogP contribution < -0.4 is 21.1 Å². The van der Waals surface area contributed by atoms with Crippen LogP contribution in [0.2, 0.25) is 0 Å². The van der Waals surface area contributed by atoms with Crippen LogP contribution in [0.3, 0.4) is 0 Å². The number of carbonyl (C=O) groups is 2. The fourth-order valence-corrected chi connectivity index (χ4v) is 2.44. The summed E-state index contributed by atoms with van der Waals surface area (Å²) in [6.07, 6.45) is 1.09. The molecule has 0 saturated carbocycles. The zero-order valence-electron chi connectivity index (χ0n) is 14.4. The van der Waals surface area contributed by atoms with Gasteiger partial charge in [-0.15, -0.1) is 0 Å². The van der Waals surface area contributed by atoms with Crippen molar-refractivity contribution < 1.29 is 14.3 Å². The van der Waals surface area contributed by atoms with Crippen molar-refractivity contribution in [3.63, 3.8) is 0 Å². The Labute approximate surface area is 147 Å². The van der Waals surface area contributed by atoms with Gasteiger partial charge in [-0.1, -0.05) is 24.3 Å². The van der Waals surface area contributed by atoms with Gasteiger partial charge in [0.2, 0.25) is 5.91 Å². The van der Waals surface area contributed by atoms with E-state index in [9.17, 15) is 9.59 Å². The number of methoxy groups -OCH3 is 1. The topological polar surface area (TPSA) is 93.4 Å². The number of nitrogens with two attached hydrogens (primary N) is 1. The summed E-state index contributed by atoms with van der Waals surface area (Å²) in [7, 11) is 1.63. The fraction of sp³-hybridized carbons (Fsp3) is 0.263. The van der Waals surface area contributed by atoms with Gasteiger partial charge in [0.1, 0.15) is 5.75 Å². The Balaban J connectivity index is 1.83. The molecule has 0 saturated heterocycles. The molecule has 0 bridgehead atoms. The molecule has 0 aliphatic carbocycles. The summed E-state index contributed by atoms with van der Waals surface area (Å²) in [5.41, 5.74) is 7.73. The van der Waals surface area contributed by atoms with Crippen LogP contribution >= 0.6 is 0 Å². The summed E-state index contributed by atoms with van der Waals surface area (Å²) in [5.74, 6) is 0.791. The number of amides is 3. The largest absolute Gasteiger partial charge is 0.497 e. The smallest absolute Gasteiger partial charge is 0.316 e. The molecule has 0 fully saturated rings. The number of ether oxygens (including phenoxy) is 1. The van der Waals surface area contributed by atoms with E-state index in [1.54, 1.807) is 19.2 Å². The number of primary amides is 1. The molecule has 0 unspecified atom stereocenters. The van der Waals surface area contributed by atoms with Gasteiger partial charge in [0.05, 0.1) is 13.2 Å². The Bertz CT molecular complexity index is 712. The van der Waals surface area contributed by atoms with Gasteiger partial charge in [0.25, 0.3) is 0 Å². The maximum atomic E-state index is 12.1. The van der Waals surface area contributed by atoms with Crippen molar-refractivity contribution in [2.24, 2.45) is 5.73 Å². The molecule has 2 rings (SSSR count). The van der Waals surface area contributed by atoms with Crippen molar-refractivity contribution in [1.82, 2.24) is 5.32 Å². The highest BCUT2D eigenvalue weighted by Crippen LogP contribution is 2.17. The first kappa shape index (κ1) is 18.3. The van der Waals surface area contributed by atoms with E-state index in [1.165, 1.54) is 0 Å². The van der Waals surface area contributed by atoms with Crippen LogP contribution in [0.5, 0.6) is 5.75 Å². The quantitative estimate of drug-likeness (QED) is 0.722. The number of hydrogen-bond donors (Lipinski definition) is 3. The van der Waals surface area contributed by atoms with Gasteiger partial charge in [-0.2, -0.15) is 0 Å². The summed E-state index contributed by atoms with van der Waals surface area (Å²) in [4.78, 5) is 22.9. The Morgan fingerprint density at radius 3 is 2.28 bits per heavy atom. The van der Waals surface area contributed by atoms with Gasteiger partial charge in [-0.25, -0.2) is 4.79 Å². The van der Waals surface area contributed by atoms with Gasteiger partial charge >= 0.3 is 6.03 Å². The number of aryl methyl sites for hydroxylation is 1. The van der Waals surface area contributed by atoms with E-state index in [-0.39, 0.29) is 11.9 Å². The summed E-state index contributed by atoms with van der Waals surface area (Å²) in [6, 6.07) is 14.2. The highest BCUT2D eigenvalue weighted by atomic mass is 16.5. The van der Waals surface area contributed by atoms with Crippen molar-refractivity contribution in [2.75, 3.05) is 12.4 Å². The second-order valence-electron chi connectivity index (χ2n) is 5.75. The molecule has 0 spiro atoms. The standard InChI is InChI=1S/C19H23N3O3/c1-13(15-6-8-16(9-7-15)22-19(20)24)21-18(23)12-5-14-3-10-17(25-2)11-4-14/h3-4,6-11,13H,5,12H2,1-2H3,(H,21,23)(H3,20,22,24)/t13-/m0/s1. The van der Waals surface area contributed by atoms with Crippen LogP contribution in [-0.2, 0) is 11.2 Å². The van der Waals surface area contributed by atoms with Crippen molar-refractivity contribution in [3.05, 3.63) is 59.7 Å². The van der Waals surface area contributed by atoms with E-state index in [0.717, 1.165) is 16.9 Å². The number of nitrogens with one attached hydrogen (secondary N) is 2. The monoisotopic (exact) mass is 341 g/mol. The molecule has 3 amide bonds. The van der Waals surface area contributed by atoms with Crippen LogP contribution in [0.25, 0.3) is 0 Å². The van der Waals surface area contributed by atoms with Gasteiger partial charge in [-0.05, 0) is 48.7 Å². The molecule has 0 aliphatic rings. The van der Waals surface area contributed by atoms with E-state index in [2.05, 4.69) is 10.6 Å². The second kappa shape index (κ2) is 8.73. The number of carbonyl (C=O) groups excluding carboxylic acids is 2. The highest BCUT2D eigenvalue weighted by molar-refractivity contribution is 5.87. The molecule has 4 N–H and O–H groups in total. The van der Waals surface area contributed by atoms with Crippen LogP contribution in [-0.4, -0.2) is 19.0 Å². The third-order valence-corrected chi connectivity index (χ3v) is 3.86. The van der Waals surface area contributed by atoms with Crippen LogP contribution in [0, 0.1) is 0 Å². The van der Waals surface area contributed by atoms with E-state index < -0.39 is 6.03 Å². The predicted molar refractivity (Wildman–Crippen MR) is 97.5 cm³/mol. The minimum atomic E-state index is -0.604. The first-order valence-electron chi connectivity index (χ1n) is 8.06. The Morgan fingerprint density at radius 2 is 1.72 bits per heavy atom. The summed E-state index contributed by atoms with van der Waals surface area (Å²) >= 11 is 0. The summed E-state index contributed by atoms with van der Waals surface area (Å²) < 4.78 is 5.12. The molecule has 6 heteroatoms. The highest BCUT2D eigenvalue weighted by Gasteiger charge is 2.10. The van der Waals surface area contributed by atoms with E-state index in [0.29, 0.717) is 18.5 Å². The average Bonchev–Trinajstić information content (AvgIpc) is 2.60. The number of rotatable bonds is 7. The van der Waals surface area contributed by atoms with Crippen molar-refractivity contribution >= 4 is 17.6 Å². The summed E-state index contributed by atoms with van der Waals surface area (Å²) in [5, 5.41) is 5.47. The Morgan fingerprint density at radius 1 is 1.08 bits per heavy atom. The van der Waals surface area contributed by atoms with Crippen LogP contribution in [0.1, 0.15) is 30.5 Å². The third-order valence-electron chi connectivity index (χ3n) is 3.86. The molecule has 0 heterocycles. The van der Waals surface area contributed by atoms with Gasteiger partial charge in [0, 0.05) is 12.1 Å². The lowest BCUT2D eigenvalue weighted by Crippen LogP contribution is -2.26. The lowest BCUT2D eigenvalue weighted by atomic mass is 10.1. The molecule has 0 radical (unpaired) electrons. The maximum Gasteiger partial charge on any atom is 0.316 e. The molecule has 2 aromatic carbocycles. The lowest BCUT2D eigenvalue weighted by molar-refractivity contribution is -0.121. The SMILES string of the molecule is COc1ccc(CCC(=O)N[C@@H](C)c2ccc(NC(N)=O)cc2)cc1. The number of benzene rings is 2. The number of urea groups is 1. The molecule has 1 atom stereocenters. The molecule has 6 nitrogen and oxygen atoms in total. The molecule has 0 aliphatic heterocycles. The number of anilines is 1. The average molecular weight is 341 g/mol. The normalized spacial score (nSPS) is 11.4. The molecule has 25 heavy (non-hydrogen) atoms. The zero-order valence-corrected chi connectivity index (χ0v) is 14.4. The van der Waals surface area contributed by atoms with Crippen molar-refractivity contribution in [2.45, 2.75) is 25.8 Å². The van der Waals surface area contributed by atoms with E-state index in [1.807, 2.05) is 43.3 Å². The second-order valence-corrected chi connectivity index (χ2v) is 5.75. The summed E-state index contributed by atoms with van der Waals surface area (Å²) in [6.45, 7) is 1.92. The zero-order chi connectivity index (χ0) is 18.2. The van der Waals surface area contributed by atoms with Crippen molar-refractivity contribution in [3.8, 4) is 5.75 Å². The van der Waals surface area contributed by atoms with Crippen molar-refractivity contribution in [1.29, 1.82) is 0 Å². The molecule has 0 aromatic heterocycles. The molecular formula is C19H23N3O3. The van der Waals surface area contributed by atoms with Gasteiger partial charge in [0.15, 0.2) is 0 Å². The van der Waals surface area contributed by atoms with E-state index >= 15 is 0 Å². The van der Waals surface area contributed by atoms with Gasteiger partial charge in [-0.3, -0.25) is 4.79 Å². The lowest BCUT2D eigenvalue weighted by Gasteiger charge is -2.15. The first-order valence-corrected chi connectivity index (χ1v) is 8.06. The fourth-order valence-electron chi connectivity index (χ4n) is 2.44. The van der Waals surface area contributed by atoms with Crippen LogP contribution in [0.15, 0.2) is 48.5 Å². The minimum absolute atomic E-state index is 0.0114. The third kappa shape index (κ3) is 5.84. The minimum Gasteiger partial charge on any atom is -0.497 e. The Kier molecular flexibility index (Phi) is 6.39. The maximum absolute atomic E-state index is 12.1. The first-order chi connectivity index (χ1) is 12.0. The molecule has 2 aromatic rings. The van der Waals surface area contributed by atoms with Gasteiger partial charge < -0.3 is 21.1 Å². The van der Waals surface area contributed by atoms with E-state index in [4.69, 9.17) is 10.5 Å². The van der Waals surface area contributed by atoms with Crippen LogP contribution in [0.4, 0.5) is 10.5 Å². The Hall–Kier alpha value is -3.02. The number of hydrogen-bond acceptors (Lipinski definition) is 3. The molecule has 132 valence electrons.